The average molecular weight is 182 g/mol. The van der Waals surface area contributed by atoms with Crippen LogP contribution in [0.2, 0.25) is 0 Å². The minimum absolute atomic E-state index is 0.129. The van der Waals surface area contributed by atoms with Gasteiger partial charge < -0.3 is 10.6 Å². The lowest BCUT2D eigenvalue weighted by atomic mass is 10.1. The molecule has 1 atom stereocenters. The van der Waals surface area contributed by atoms with E-state index in [4.69, 9.17) is 5.73 Å². The Balaban J connectivity index is 2.26. The summed E-state index contributed by atoms with van der Waals surface area (Å²) in [7, 11) is 0. The maximum absolute atomic E-state index is 11.5. The summed E-state index contributed by atoms with van der Waals surface area (Å²) in [6, 6.07) is 0.129. The van der Waals surface area contributed by atoms with Crippen molar-refractivity contribution >= 4 is 5.91 Å². The van der Waals surface area contributed by atoms with Crippen molar-refractivity contribution in [2.75, 3.05) is 13.1 Å². The Kier molecular flexibility index (Phi) is 3.96. The summed E-state index contributed by atoms with van der Waals surface area (Å²) in [6.07, 6.45) is 6.54. The molecule has 0 fully saturated rings. The highest BCUT2D eigenvalue weighted by molar-refractivity contribution is 5.76. The number of nitrogens with zero attached hydrogens (tertiary/aromatic N) is 1. The number of carbonyl (C=O) groups excluding carboxylic acids is 1. The highest BCUT2D eigenvalue weighted by atomic mass is 16.2. The Labute approximate surface area is 79.6 Å². The zero-order valence-corrected chi connectivity index (χ0v) is 8.20. The minimum Gasteiger partial charge on any atom is -0.339 e. The fourth-order valence-electron chi connectivity index (χ4n) is 1.38. The highest BCUT2D eigenvalue weighted by Gasteiger charge is 2.13. The molecule has 0 spiro atoms. The van der Waals surface area contributed by atoms with E-state index >= 15 is 0 Å². The van der Waals surface area contributed by atoms with Gasteiger partial charge in [-0.05, 0) is 19.8 Å². The second-order valence-corrected chi connectivity index (χ2v) is 3.62. The van der Waals surface area contributed by atoms with Gasteiger partial charge in [0.2, 0.25) is 5.91 Å². The van der Waals surface area contributed by atoms with E-state index in [-0.39, 0.29) is 11.9 Å². The predicted molar refractivity (Wildman–Crippen MR) is 53.2 cm³/mol. The third kappa shape index (κ3) is 3.59. The maximum Gasteiger partial charge on any atom is 0.222 e. The Bertz CT molecular complexity index is 199. The van der Waals surface area contributed by atoms with Crippen LogP contribution >= 0.6 is 0 Å². The second kappa shape index (κ2) is 5.02. The molecule has 2 N–H and O–H groups in total. The van der Waals surface area contributed by atoms with Crippen molar-refractivity contribution in [2.45, 2.75) is 32.2 Å². The van der Waals surface area contributed by atoms with Gasteiger partial charge in [0.05, 0.1) is 0 Å². The Morgan fingerprint density at radius 2 is 2.38 bits per heavy atom. The molecule has 0 saturated heterocycles. The van der Waals surface area contributed by atoms with Crippen molar-refractivity contribution in [2.24, 2.45) is 5.73 Å². The zero-order valence-electron chi connectivity index (χ0n) is 8.20. The van der Waals surface area contributed by atoms with E-state index in [9.17, 15) is 4.79 Å². The van der Waals surface area contributed by atoms with Crippen LogP contribution in [0.5, 0.6) is 0 Å². The number of hydrogen-bond donors (Lipinski definition) is 1. The molecular weight excluding hydrogens is 164 g/mol. The van der Waals surface area contributed by atoms with Gasteiger partial charge in [-0.25, -0.2) is 0 Å². The molecule has 3 heteroatoms. The van der Waals surface area contributed by atoms with Crippen LogP contribution < -0.4 is 5.73 Å². The van der Waals surface area contributed by atoms with Crippen LogP contribution in [0.25, 0.3) is 0 Å². The van der Waals surface area contributed by atoms with E-state index in [1.165, 1.54) is 0 Å². The number of carbonyl (C=O) groups is 1. The molecule has 1 aliphatic heterocycles. The van der Waals surface area contributed by atoms with Gasteiger partial charge >= 0.3 is 0 Å². The lowest BCUT2D eigenvalue weighted by Crippen LogP contribution is -2.34. The van der Waals surface area contributed by atoms with E-state index in [2.05, 4.69) is 6.08 Å². The standard InChI is InChI=1S/C10H18N2O/c1-9(11)5-6-10(13)12-7-3-2-4-8-12/h2-3,9H,4-8,11H2,1H3. The van der Waals surface area contributed by atoms with Crippen LogP contribution in [0.3, 0.4) is 0 Å². The van der Waals surface area contributed by atoms with Crippen molar-refractivity contribution in [3.05, 3.63) is 12.2 Å². The first kappa shape index (κ1) is 10.3. The first-order chi connectivity index (χ1) is 6.20. The summed E-state index contributed by atoms with van der Waals surface area (Å²) in [6.45, 7) is 3.58. The summed E-state index contributed by atoms with van der Waals surface area (Å²) in [4.78, 5) is 13.4. The van der Waals surface area contributed by atoms with Gasteiger partial charge in [-0.3, -0.25) is 4.79 Å². The number of nitrogens with two attached hydrogens (primary N) is 1. The molecule has 0 aromatic carbocycles. The average Bonchev–Trinajstić information content (AvgIpc) is 2.15. The van der Waals surface area contributed by atoms with Crippen molar-refractivity contribution < 1.29 is 4.79 Å². The molecule has 1 aliphatic rings. The first-order valence-electron chi connectivity index (χ1n) is 4.88. The third-order valence-electron chi connectivity index (χ3n) is 2.22. The van der Waals surface area contributed by atoms with Gasteiger partial charge in [-0.1, -0.05) is 12.2 Å². The highest BCUT2D eigenvalue weighted by Crippen LogP contribution is 2.05. The first-order valence-corrected chi connectivity index (χ1v) is 4.88. The number of amides is 1. The molecule has 74 valence electrons. The van der Waals surface area contributed by atoms with E-state index in [1.54, 1.807) is 0 Å². The summed E-state index contributed by atoms with van der Waals surface area (Å²) in [5.74, 6) is 0.238. The van der Waals surface area contributed by atoms with E-state index in [0.29, 0.717) is 6.42 Å². The zero-order chi connectivity index (χ0) is 9.68. The topological polar surface area (TPSA) is 46.3 Å². The summed E-state index contributed by atoms with van der Waals surface area (Å²) < 4.78 is 0. The SMILES string of the molecule is CC(N)CCC(=O)N1CC=CCC1. The lowest BCUT2D eigenvalue weighted by Gasteiger charge is -2.23. The molecule has 3 nitrogen and oxygen atoms in total. The van der Waals surface area contributed by atoms with Crippen LogP contribution in [0.4, 0.5) is 0 Å². The smallest absolute Gasteiger partial charge is 0.222 e. The van der Waals surface area contributed by atoms with Crippen LogP contribution in [0.15, 0.2) is 12.2 Å². The molecule has 1 heterocycles. The van der Waals surface area contributed by atoms with E-state index in [1.807, 2.05) is 17.9 Å². The molecular formula is C10H18N2O. The molecule has 0 bridgehead atoms. The van der Waals surface area contributed by atoms with Crippen molar-refractivity contribution in [3.63, 3.8) is 0 Å². The predicted octanol–water partition coefficient (Wildman–Crippen LogP) is 0.902. The maximum atomic E-state index is 11.5. The van der Waals surface area contributed by atoms with Gasteiger partial charge in [-0.15, -0.1) is 0 Å². The fourth-order valence-corrected chi connectivity index (χ4v) is 1.38. The minimum atomic E-state index is 0.129. The quantitative estimate of drug-likeness (QED) is 0.659. The fraction of sp³-hybridized carbons (Fsp3) is 0.700. The normalized spacial score (nSPS) is 18.8. The molecule has 0 aliphatic carbocycles. The van der Waals surface area contributed by atoms with Gasteiger partial charge in [0, 0.05) is 25.6 Å². The van der Waals surface area contributed by atoms with Gasteiger partial charge in [-0.2, -0.15) is 0 Å². The van der Waals surface area contributed by atoms with Gasteiger partial charge in [0.25, 0.3) is 0 Å². The Morgan fingerprint density at radius 3 is 2.92 bits per heavy atom. The molecule has 13 heavy (non-hydrogen) atoms. The van der Waals surface area contributed by atoms with E-state index in [0.717, 1.165) is 25.9 Å². The summed E-state index contributed by atoms with van der Waals surface area (Å²) >= 11 is 0. The second-order valence-electron chi connectivity index (χ2n) is 3.62. The van der Waals surface area contributed by atoms with Crippen LogP contribution in [-0.4, -0.2) is 29.9 Å². The number of rotatable bonds is 3. The van der Waals surface area contributed by atoms with Crippen molar-refractivity contribution in [1.82, 2.24) is 4.90 Å². The largest absolute Gasteiger partial charge is 0.339 e. The molecule has 1 amide bonds. The molecule has 0 radical (unpaired) electrons. The molecule has 0 aromatic rings. The Morgan fingerprint density at radius 1 is 1.62 bits per heavy atom. The van der Waals surface area contributed by atoms with Crippen molar-refractivity contribution in [3.8, 4) is 0 Å². The number of hydrogen-bond acceptors (Lipinski definition) is 2. The molecule has 1 unspecified atom stereocenters. The van der Waals surface area contributed by atoms with Crippen LogP contribution in [0, 0.1) is 0 Å². The molecule has 1 rings (SSSR count). The lowest BCUT2D eigenvalue weighted by molar-refractivity contribution is -0.131. The van der Waals surface area contributed by atoms with Gasteiger partial charge in [0.1, 0.15) is 0 Å². The van der Waals surface area contributed by atoms with Crippen LogP contribution in [-0.2, 0) is 4.79 Å². The Hall–Kier alpha value is -0.830. The summed E-state index contributed by atoms with van der Waals surface area (Å²) in [5.41, 5.74) is 5.59. The van der Waals surface area contributed by atoms with Crippen LogP contribution in [0.1, 0.15) is 26.2 Å². The monoisotopic (exact) mass is 182 g/mol. The van der Waals surface area contributed by atoms with Gasteiger partial charge in [0.15, 0.2) is 0 Å². The van der Waals surface area contributed by atoms with E-state index < -0.39 is 0 Å². The molecule has 0 saturated carbocycles. The van der Waals surface area contributed by atoms with Crippen molar-refractivity contribution in [1.29, 1.82) is 0 Å². The third-order valence-corrected chi connectivity index (χ3v) is 2.22. The molecule has 0 aromatic heterocycles. The summed E-state index contributed by atoms with van der Waals surface area (Å²) in [5, 5.41) is 0.